The highest BCUT2D eigenvalue weighted by molar-refractivity contribution is 8.01. The molecule has 0 saturated heterocycles. The van der Waals surface area contributed by atoms with E-state index in [0.29, 0.717) is 16.3 Å². The van der Waals surface area contributed by atoms with Crippen LogP contribution in [0.5, 0.6) is 0 Å². The molecule has 0 aliphatic carbocycles. The first-order valence-corrected chi connectivity index (χ1v) is 8.61. The fourth-order valence-corrected chi connectivity index (χ4v) is 3.79. The van der Waals surface area contributed by atoms with Gasteiger partial charge in [0.1, 0.15) is 6.54 Å². The molecule has 0 unspecified atom stereocenters. The lowest BCUT2D eigenvalue weighted by Gasteiger charge is -2.12. The van der Waals surface area contributed by atoms with Gasteiger partial charge in [-0.2, -0.15) is 0 Å². The van der Waals surface area contributed by atoms with Crippen molar-refractivity contribution in [3.63, 3.8) is 0 Å². The largest absolute Gasteiger partial charge is 0.299 e. The smallest absolute Gasteiger partial charge is 0.262 e. The van der Waals surface area contributed by atoms with Crippen LogP contribution in [0.2, 0.25) is 0 Å². The lowest BCUT2D eigenvalue weighted by molar-refractivity contribution is -0.116. The molecule has 23 heavy (non-hydrogen) atoms. The van der Waals surface area contributed by atoms with E-state index in [1.165, 1.54) is 23.1 Å². The Balaban J connectivity index is 1.66. The Kier molecular flexibility index (Phi) is 4.39. The molecule has 0 fully saturated rings. The summed E-state index contributed by atoms with van der Waals surface area (Å²) < 4.78 is 0.753. The fourth-order valence-electron chi connectivity index (χ4n) is 2.13. The second-order valence-electron chi connectivity index (χ2n) is 4.60. The third-order valence-corrected chi connectivity index (χ3v) is 4.95. The van der Waals surface area contributed by atoms with E-state index in [4.69, 9.17) is 0 Å². The predicted octanol–water partition coefficient (Wildman–Crippen LogP) is 1.88. The van der Waals surface area contributed by atoms with Gasteiger partial charge in [-0.1, -0.05) is 42.2 Å². The molecule has 2 heterocycles. The maximum Gasteiger partial charge on any atom is 0.262 e. The number of anilines is 1. The van der Waals surface area contributed by atoms with Crippen molar-refractivity contribution >= 4 is 46.0 Å². The molecular weight excluding hydrogens is 336 g/mol. The number of amides is 3. The highest BCUT2D eigenvalue weighted by atomic mass is 32.2. The number of nitrogens with zero attached hydrogens (tertiary/aromatic N) is 3. The Bertz CT molecular complexity index is 755. The standard InChI is InChI=1S/C14H12N4O3S2/c1-2-22-14-17-16-13(23-14)15-10(19)7-18-11(20)8-5-3-4-6-9(8)12(18)21/h3-6H,2,7H2,1H3,(H,15,16,19). The highest BCUT2D eigenvalue weighted by Gasteiger charge is 2.36. The summed E-state index contributed by atoms with van der Waals surface area (Å²) in [6, 6.07) is 6.52. The van der Waals surface area contributed by atoms with Gasteiger partial charge in [-0.3, -0.25) is 24.6 Å². The zero-order chi connectivity index (χ0) is 16.4. The quantitative estimate of drug-likeness (QED) is 0.504. The first-order valence-electron chi connectivity index (χ1n) is 6.81. The van der Waals surface area contributed by atoms with Crippen LogP contribution in [0, 0.1) is 0 Å². The molecule has 0 saturated carbocycles. The van der Waals surface area contributed by atoms with E-state index < -0.39 is 17.7 Å². The molecule has 9 heteroatoms. The Morgan fingerprint density at radius 2 is 1.87 bits per heavy atom. The summed E-state index contributed by atoms with van der Waals surface area (Å²) in [6.45, 7) is 1.65. The van der Waals surface area contributed by atoms with Gasteiger partial charge < -0.3 is 0 Å². The molecule has 1 N–H and O–H groups in total. The zero-order valence-electron chi connectivity index (χ0n) is 12.1. The minimum atomic E-state index is -0.483. The molecule has 118 valence electrons. The van der Waals surface area contributed by atoms with Crippen LogP contribution >= 0.6 is 23.1 Å². The molecular formula is C14H12N4O3S2. The fraction of sp³-hybridized carbons (Fsp3) is 0.214. The van der Waals surface area contributed by atoms with Crippen molar-refractivity contribution in [2.45, 2.75) is 11.3 Å². The molecule has 3 rings (SSSR count). The molecule has 0 bridgehead atoms. The van der Waals surface area contributed by atoms with Crippen molar-refractivity contribution in [2.75, 3.05) is 17.6 Å². The van der Waals surface area contributed by atoms with Gasteiger partial charge in [0.15, 0.2) is 4.34 Å². The van der Waals surface area contributed by atoms with Gasteiger partial charge in [0.25, 0.3) is 11.8 Å². The number of aromatic nitrogens is 2. The number of nitrogens with one attached hydrogen (secondary N) is 1. The molecule has 3 amide bonds. The number of hydrogen-bond donors (Lipinski definition) is 1. The van der Waals surface area contributed by atoms with Gasteiger partial charge >= 0.3 is 0 Å². The van der Waals surface area contributed by atoms with E-state index in [0.717, 1.165) is 15.0 Å². The number of imide groups is 1. The van der Waals surface area contributed by atoms with Crippen LogP contribution < -0.4 is 5.32 Å². The van der Waals surface area contributed by atoms with E-state index in [1.807, 2.05) is 6.92 Å². The number of carbonyl (C=O) groups excluding carboxylic acids is 3. The van der Waals surface area contributed by atoms with Crippen LogP contribution in [-0.4, -0.2) is 45.1 Å². The third-order valence-electron chi connectivity index (χ3n) is 3.10. The second-order valence-corrected chi connectivity index (χ2v) is 7.09. The van der Waals surface area contributed by atoms with Gasteiger partial charge in [0, 0.05) is 0 Å². The monoisotopic (exact) mass is 348 g/mol. The van der Waals surface area contributed by atoms with Crippen LogP contribution in [0.3, 0.4) is 0 Å². The summed E-state index contributed by atoms with van der Waals surface area (Å²) >= 11 is 2.78. The van der Waals surface area contributed by atoms with E-state index >= 15 is 0 Å². The highest BCUT2D eigenvalue weighted by Crippen LogP contribution is 2.25. The van der Waals surface area contributed by atoms with Gasteiger partial charge in [0.2, 0.25) is 11.0 Å². The zero-order valence-corrected chi connectivity index (χ0v) is 13.7. The van der Waals surface area contributed by atoms with E-state index in [2.05, 4.69) is 15.5 Å². The van der Waals surface area contributed by atoms with Crippen molar-refractivity contribution in [1.29, 1.82) is 0 Å². The normalized spacial score (nSPS) is 13.3. The Morgan fingerprint density at radius 1 is 1.22 bits per heavy atom. The Morgan fingerprint density at radius 3 is 2.48 bits per heavy atom. The molecule has 0 spiro atoms. The Hall–Kier alpha value is -2.26. The SMILES string of the molecule is CCSc1nnc(NC(=O)CN2C(=O)c3ccccc3C2=O)s1. The molecule has 1 aliphatic rings. The molecule has 0 radical (unpaired) electrons. The number of fused-ring (bicyclic) bond motifs is 1. The van der Waals surface area contributed by atoms with Crippen molar-refractivity contribution in [3.8, 4) is 0 Å². The molecule has 7 nitrogen and oxygen atoms in total. The summed E-state index contributed by atoms with van der Waals surface area (Å²) in [5.41, 5.74) is 0.644. The number of hydrogen-bond acceptors (Lipinski definition) is 7. The Labute approximate surface area is 140 Å². The predicted molar refractivity (Wildman–Crippen MR) is 86.7 cm³/mol. The van der Waals surface area contributed by atoms with Crippen molar-refractivity contribution in [2.24, 2.45) is 0 Å². The van der Waals surface area contributed by atoms with Crippen molar-refractivity contribution < 1.29 is 14.4 Å². The van der Waals surface area contributed by atoms with Gasteiger partial charge in [-0.25, -0.2) is 0 Å². The van der Waals surface area contributed by atoms with Gasteiger partial charge in [-0.15, -0.1) is 10.2 Å². The average Bonchev–Trinajstić information content (AvgIpc) is 3.07. The molecule has 2 aromatic rings. The van der Waals surface area contributed by atoms with Crippen LogP contribution in [0.4, 0.5) is 5.13 Å². The van der Waals surface area contributed by atoms with E-state index in [1.54, 1.807) is 24.3 Å². The molecule has 0 atom stereocenters. The van der Waals surface area contributed by atoms with E-state index in [-0.39, 0.29) is 6.54 Å². The lowest BCUT2D eigenvalue weighted by atomic mass is 10.1. The first kappa shape index (κ1) is 15.6. The van der Waals surface area contributed by atoms with Gasteiger partial charge in [0.05, 0.1) is 11.1 Å². The van der Waals surface area contributed by atoms with Crippen LogP contribution in [0.15, 0.2) is 28.6 Å². The number of rotatable bonds is 5. The lowest BCUT2D eigenvalue weighted by Crippen LogP contribution is -2.37. The van der Waals surface area contributed by atoms with Crippen LogP contribution in [0.1, 0.15) is 27.6 Å². The maximum atomic E-state index is 12.2. The summed E-state index contributed by atoms with van der Waals surface area (Å²) in [7, 11) is 0. The summed E-state index contributed by atoms with van der Waals surface area (Å²) in [5, 5.41) is 10.7. The number of thioether (sulfide) groups is 1. The van der Waals surface area contributed by atoms with Crippen molar-refractivity contribution in [1.82, 2.24) is 15.1 Å². The first-order chi connectivity index (χ1) is 11.1. The van der Waals surface area contributed by atoms with Crippen LogP contribution in [-0.2, 0) is 4.79 Å². The molecule has 1 aromatic heterocycles. The molecule has 1 aliphatic heterocycles. The maximum absolute atomic E-state index is 12.2. The summed E-state index contributed by atoms with van der Waals surface area (Å²) in [6.07, 6.45) is 0. The molecule has 1 aromatic carbocycles. The minimum absolute atomic E-state index is 0.322. The van der Waals surface area contributed by atoms with E-state index in [9.17, 15) is 14.4 Å². The number of carbonyl (C=O) groups is 3. The minimum Gasteiger partial charge on any atom is -0.299 e. The van der Waals surface area contributed by atoms with Crippen LogP contribution in [0.25, 0.3) is 0 Å². The topological polar surface area (TPSA) is 92.3 Å². The van der Waals surface area contributed by atoms with Crippen molar-refractivity contribution in [3.05, 3.63) is 35.4 Å². The third kappa shape index (κ3) is 3.10. The summed E-state index contributed by atoms with van der Waals surface area (Å²) in [5.74, 6) is -0.540. The number of benzene rings is 1. The average molecular weight is 348 g/mol. The second kappa shape index (κ2) is 6.47. The summed E-state index contributed by atoms with van der Waals surface area (Å²) in [4.78, 5) is 37.3. The van der Waals surface area contributed by atoms with Gasteiger partial charge in [-0.05, 0) is 17.9 Å².